The van der Waals surface area contributed by atoms with Crippen LogP contribution in [0, 0.1) is 0 Å². The van der Waals surface area contributed by atoms with Crippen molar-refractivity contribution in [1.82, 2.24) is 0 Å². The van der Waals surface area contributed by atoms with Crippen LogP contribution in [0.5, 0.6) is 0 Å². The van der Waals surface area contributed by atoms with Gasteiger partial charge >= 0.3 is 0 Å². The Kier molecular flexibility index (Phi) is 3.50. The van der Waals surface area contributed by atoms with Gasteiger partial charge in [-0.3, -0.25) is 4.79 Å². The molecule has 0 aliphatic carbocycles. The van der Waals surface area contributed by atoms with Gasteiger partial charge in [-0.15, -0.1) is 0 Å². The summed E-state index contributed by atoms with van der Waals surface area (Å²) >= 11 is 0. The van der Waals surface area contributed by atoms with E-state index in [1.165, 1.54) is 0 Å². The molecule has 0 bridgehead atoms. The Hall–Kier alpha value is -2.16. The van der Waals surface area contributed by atoms with Gasteiger partial charge in [0.25, 0.3) is 0 Å². The van der Waals surface area contributed by atoms with Crippen molar-refractivity contribution in [1.29, 1.82) is 0 Å². The van der Waals surface area contributed by atoms with Crippen LogP contribution >= 0.6 is 0 Å². The van der Waals surface area contributed by atoms with E-state index in [9.17, 15) is 4.79 Å². The van der Waals surface area contributed by atoms with Crippen LogP contribution in [0.25, 0.3) is 0 Å². The monoisotopic (exact) mass is 227 g/mol. The standard InChI is InChI=1S/C14H13NO2/c1-17-13-10-12(8-5-9-15-13)14(16)11-6-3-2-4-7-11/h2-9H,10H2,1H3. The first kappa shape index (κ1) is 11.3. The average Bonchev–Trinajstić information content (AvgIpc) is 2.64. The third kappa shape index (κ3) is 2.69. The van der Waals surface area contributed by atoms with Crippen molar-refractivity contribution in [3.8, 4) is 0 Å². The lowest BCUT2D eigenvalue weighted by Crippen LogP contribution is -2.09. The van der Waals surface area contributed by atoms with Gasteiger partial charge in [-0.2, -0.15) is 0 Å². The Bertz CT molecular complexity index is 498. The molecule has 0 aromatic heterocycles. The van der Waals surface area contributed by atoms with Crippen molar-refractivity contribution in [2.75, 3.05) is 7.11 Å². The van der Waals surface area contributed by atoms with E-state index in [1.54, 1.807) is 37.6 Å². The summed E-state index contributed by atoms with van der Waals surface area (Å²) in [7, 11) is 1.56. The van der Waals surface area contributed by atoms with E-state index in [-0.39, 0.29) is 5.78 Å². The fourth-order valence-electron chi connectivity index (χ4n) is 1.61. The Morgan fingerprint density at radius 2 is 2.06 bits per heavy atom. The van der Waals surface area contributed by atoms with E-state index in [0.717, 1.165) is 0 Å². The number of rotatable bonds is 2. The number of ether oxygens (including phenoxy) is 1. The fourth-order valence-corrected chi connectivity index (χ4v) is 1.61. The normalized spacial score (nSPS) is 14.6. The average molecular weight is 227 g/mol. The van der Waals surface area contributed by atoms with E-state index in [1.807, 2.05) is 18.2 Å². The van der Waals surface area contributed by atoms with E-state index in [2.05, 4.69) is 4.99 Å². The Labute approximate surface area is 100 Å². The summed E-state index contributed by atoms with van der Waals surface area (Å²) in [6.45, 7) is 0. The molecule has 0 saturated carbocycles. The van der Waals surface area contributed by atoms with Crippen LogP contribution < -0.4 is 0 Å². The van der Waals surface area contributed by atoms with Crippen molar-refractivity contribution in [2.45, 2.75) is 6.42 Å². The Morgan fingerprint density at radius 3 is 2.76 bits per heavy atom. The van der Waals surface area contributed by atoms with E-state index in [0.29, 0.717) is 23.5 Å². The molecule has 0 atom stereocenters. The zero-order valence-electron chi connectivity index (χ0n) is 9.59. The van der Waals surface area contributed by atoms with Crippen LogP contribution in [0.2, 0.25) is 0 Å². The number of ketones is 1. The Morgan fingerprint density at radius 1 is 1.29 bits per heavy atom. The number of hydrogen-bond acceptors (Lipinski definition) is 3. The molecule has 3 nitrogen and oxygen atoms in total. The van der Waals surface area contributed by atoms with Gasteiger partial charge in [0.05, 0.1) is 13.5 Å². The van der Waals surface area contributed by atoms with Crippen molar-refractivity contribution in [3.05, 3.63) is 59.8 Å². The molecule has 0 saturated heterocycles. The molecule has 0 spiro atoms. The lowest BCUT2D eigenvalue weighted by atomic mass is 10.0. The lowest BCUT2D eigenvalue weighted by molar-refractivity contribution is 0.103. The van der Waals surface area contributed by atoms with E-state index >= 15 is 0 Å². The van der Waals surface area contributed by atoms with Crippen molar-refractivity contribution in [3.63, 3.8) is 0 Å². The molecule has 1 aromatic carbocycles. The summed E-state index contributed by atoms with van der Waals surface area (Å²) in [4.78, 5) is 16.3. The number of nitrogens with zero attached hydrogens (tertiary/aromatic N) is 1. The van der Waals surface area contributed by atoms with Gasteiger partial charge in [-0.05, 0) is 6.08 Å². The smallest absolute Gasteiger partial charge is 0.192 e. The van der Waals surface area contributed by atoms with Crippen LogP contribution in [-0.2, 0) is 4.74 Å². The maximum absolute atomic E-state index is 12.2. The largest absolute Gasteiger partial charge is 0.484 e. The zero-order valence-corrected chi connectivity index (χ0v) is 9.59. The number of carbonyl (C=O) groups excluding carboxylic acids is 1. The van der Waals surface area contributed by atoms with Crippen LogP contribution in [0.4, 0.5) is 0 Å². The molecule has 0 unspecified atom stereocenters. The third-order valence-corrected chi connectivity index (χ3v) is 2.51. The fraction of sp³-hybridized carbons (Fsp3) is 0.143. The van der Waals surface area contributed by atoms with Crippen LogP contribution in [0.3, 0.4) is 0 Å². The maximum atomic E-state index is 12.2. The minimum atomic E-state index is 0.0156. The van der Waals surface area contributed by atoms with Crippen molar-refractivity contribution in [2.24, 2.45) is 4.99 Å². The second-order valence-corrected chi connectivity index (χ2v) is 3.63. The molecule has 0 radical (unpaired) electrons. The second kappa shape index (κ2) is 5.25. The predicted molar refractivity (Wildman–Crippen MR) is 67.1 cm³/mol. The molecule has 17 heavy (non-hydrogen) atoms. The van der Waals surface area contributed by atoms with Crippen molar-refractivity contribution < 1.29 is 9.53 Å². The van der Waals surface area contributed by atoms with Crippen molar-refractivity contribution >= 4 is 11.7 Å². The highest BCUT2D eigenvalue weighted by atomic mass is 16.5. The molecule has 0 N–H and O–H groups in total. The van der Waals surface area contributed by atoms with E-state index < -0.39 is 0 Å². The SMILES string of the molecule is COC1=NC=CC=C(C(=O)c2ccccc2)C1. The quantitative estimate of drug-likeness (QED) is 0.729. The minimum absolute atomic E-state index is 0.0156. The zero-order chi connectivity index (χ0) is 12.1. The van der Waals surface area contributed by atoms with Crippen LogP contribution in [-0.4, -0.2) is 18.8 Å². The molecule has 1 heterocycles. The highest BCUT2D eigenvalue weighted by molar-refractivity contribution is 6.11. The van der Waals surface area contributed by atoms with Crippen LogP contribution in [0.15, 0.2) is 59.2 Å². The number of allylic oxidation sites excluding steroid dienone is 2. The number of hydrogen-bond donors (Lipinski definition) is 0. The predicted octanol–water partition coefficient (Wildman–Crippen LogP) is 2.76. The van der Waals surface area contributed by atoms with Gasteiger partial charge < -0.3 is 4.74 Å². The van der Waals surface area contributed by atoms with E-state index in [4.69, 9.17) is 4.74 Å². The first-order valence-electron chi connectivity index (χ1n) is 5.37. The van der Waals surface area contributed by atoms with Crippen LogP contribution in [0.1, 0.15) is 16.8 Å². The molecule has 1 aromatic rings. The lowest BCUT2D eigenvalue weighted by Gasteiger charge is -2.06. The second-order valence-electron chi connectivity index (χ2n) is 3.63. The topological polar surface area (TPSA) is 38.7 Å². The van der Waals surface area contributed by atoms with Gasteiger partial charge in [0, 0.05) is 17.3 Å². The molecule has 0 amide bonds. The highest BCUT2D eigenvalue weighted by Gasteiger charge is 2.15. The number of carbonyl (C=O) groups is 1. The van der Waals surface area contributed by atoms with Gasteiger partial charge in [-0.25, -0.2) is 4.99 Å². The number of Topliss-reactive ketones (excluding diaryl/α,β-unsaturated/α-hetero) is 1. The summed E-state index contributed by atoms with van der Waals surface area (Å²) in [6, 6.07) is 9.21. The minimum Gasteiger partial charge on any atom is -0.484 e. The summed E-state index contributed by atoms with van der Waals surface area (Å²) in [5.74, 6) is 0.566. The molecule has 86 valence electrons. The summed E-state index contributed by atoms with van der Waals surface area (Å²) < 4.78 is 5.09. The molecule has 1 aliphatic heterocycles. The first-order chi connectivity index (χ1) is 8.31. The van der Waals surface area contributed by atoms with Gasteiger partial charge in [-0.1, -0.05) is 36.4 Å². The number of aliphatic imine (C=N–C) groups is 1. The van der Waals surface area contributed by atoms with Gasteiger partial charge in [0.2, 0.25) is 0 Å². The molecular formula is C14H13NO2. The molecule has 3 heteroatoms. The number of methoxy groups -OCH3 is 1. The third-order valence-electron chi connectivity index (χ3n) is 2.51. The summed E-state index contributed by atoms with van der Waals surface area (Å²) in [5.41, 5.74) is 1.37. The maximum Gasteiger partial charge on any atom is 0.192 e. The number of benzene rings is 1. The summed E-state index contributed by atoms with van der Waals surface area (Å²) in [6.07, 6.45) is 5.59. The van der Waals surface area contributed by atoms with Gasteiger partial charge in [0.15, 0.2) is 11.7 Å². The molecule has 2 rings (SSSR count). The summed E-state index contributed by atoms with van der Waals surface area (Å²) in [5, 5.41) is 0. The first-order valence-corrected chi connectivity index (χ1v) is 5.37. The molecule has 1 aliphatic rings. The van der Waals surface area contributed by atoms with Gasteiger partial charge in [0.1, 0.15) is 0 Å². The Balaban J connectivity index is 2.24. The molecular weight excluding hydrogens is 214 g/mol. The highest BCUT2D eigenvalue weighted by Crippen LogP contribution is 2.15. The molecule has 0 fully saturated rings.